The molecule has 2 aromatic rings. The third-order valence-electron chi connectivity index (χ3n) is 3.81. The summed E-state index contributed by atoms with van der Waals surface area (Å²) >= 11 is 0. The van der Waals surface area contributed by atoms with Crippen LogP contribution in [0.25, 0.3) is 11.2 Å². The summed E-state index contributed by atoms with van der Waals surface area (Å²) < 4.78 is 0. The molecular weight excluding hydrogens is 250 g/mol. The molecule has 1 N–H and O–H groups in total. The average Bonchev–Trinajstić information content (AvgIpc) is 2.49. The molecule has 1 saturated heterocycles. The summed E-state index contributed by atoms with van der Waals surface area (Å²) in [7, 11) is 0. The lowest BCUT2D eigenvalue weighted by atomic mass is 10.0. The molecule has 0 unspecified atom stereocenters. The minimum atomic E-state index is 0.518. The van der Waals surface area contributed by atoms with Crippen LogP contribution in [0, 0.1) is 0 Å². The Bertz CT molecular complexity index is 563. The van der Waals surface area contributed by atoms with Gasteiger partial charge in [-0.3, -0.25) is 4.98 Å². The van der Waals surface area contributed by atoms with Crippen molar-refractivity contribution < 1.29 is 0 Å². The summed E-state index contributed by atoms with van der Waals surface area (Å²) in [5.74, 6) is 0.909. The predicted molar refractivity (Wildman–Crippen MR) is 80.7 cm³/mol. The van der Waals surface area contributed by atoms with Gasteiger partial charge in [-0.2, -0.15) is 0 Å². The number of nitrogens with one attached hydrogen (secondary N) is 1. The summed E-state index contributed by atoms with van der Waals surface area (Å²) in [5.41, 5.74) is 1.55. The van der Waals surface area contributed by atoms with Crippen molar-refractivity contribution in [3.63, 3.8) is 0 Å². The average molecular weight is 271 g/mol. The highest BCUT2D eigenvalue weighted by molar-refractivity contribution is 5.71. The van der Waals surface area contributed by atoms with Gasteiger partial charge in [-0.25, -0.2) is 9.97 Å². The monoisotopic (exact) mass is 271 g/mol. The van der Waals surface area contributed by atoms with Gasteiger partial charge in [0.2, 0.25) is 0 Å². The molecule has 5 nitrogen and oxygen atoms in total. The molecule has 0 atom stereocenters. The van der Waals surface area contributed by atoms with Gasteiger partial charge in [-0.15, -0.1) is 0 Å². The van der Waals surface area contributed by atoms with Gasteiger partial charge < -0.3 is 10.2 Å². The summed E-state index contributed by atoms with van der Waals surface area (Å²) in [6, 6.07) is 4.49. The maximum atomic E-state index is 4.53. The van der Waals surface area contributed by atoms with Crippen molar-refractivity contribution in [2.45, 2.75) is 32.2 Å². The van der Waals surface area contributed by atoms with E-state index in [4.69, 9.17) is 0 Å². The van der Waals surface area contributed by atoms with Crippen molar-refractivity contribution in [1.29, 1.82) is 0 Å². The van der Waals surface area contributed by atoms with E-state index in [1.165, 1.54) is 38.9 Å². The number of aromatic nitrogens is 3. The number of likely N-dealkylation sites (tertiary alicyclic amines) is 1. The van der Waals surface area contributed by atoms with E-state index >= 15 is 0 Å². The zero-order valence-corrected chi connectivity index (χ0v) is 11.9. The Balaban J connectivity index is 1.62. The second-order valence-corrected chi connectivity index (χ2v) is 5.36. The summed E-state index contributed by atoms with van der Waals surface area (Å²) in [6.07, 6.45) is 6.98. The van der Waals surface area contributed by atoms with Gasteiger partial charge >= 0.3 is 0 Å². The Morgan fingerprint density at radius 1 is 1.20 bits per heavy atom. The topological polar surface area (TPSA) is 53.9 Å². The van der Waals surface area contributed by atoms with Crippen LogP contribution in [0.5, 0.6) is 0 Å². The van der Waals surface area contributed by atoms with E-state index in [0.717, 1.165) is 11.3 Å². The Kier molecular flexibility index (Phi) is 4.06. The predicted octanol–water partition coefficient (Wildman–Crippen LogP) is 2.31. The van der Waals surface area contributed by atoms with Crippen molar-refractivity contribution in [3.8, 4) is 0 Å². The van der Waals surface area contributed by atoms with Crippen molar-refractivity contribution in [1.82, 2.24) is 19.9 Å². The van der Waals surface area contributed by atoms with Gasteiger partial charge in [-0.05, 0) is 37.9 Å². The number of anilines is 1. The molecule has 0 spiro atoms. The van der Waals surface area contributed by atoms with Crippen LogP contribution in [-0.4, -0.2) is 45.5 Å². The first kappa shape index (κ1) is 13.2. The zero-order valence-electron chi connectivity index (χ0n) is 11.9. The van der Waals surface area contributed by atoms with Crippen LogP contribution >= 0.6 is 0 Å². The normalized spacial score (nSPS) is 17.4. The summed E-state index contributed by atoms with van der Waals surface area (Å²) in [6.45, 7) is 5.82. The largest absolute Gasteiger partial charge is 0.367 e. The molecule has 0 radical (unpaired) electrons. The zero-order chi connectivity index (χ0) is 13.8. The number of fused-ring (bicyclic) bond motifs is 1. The minimum Gasteiger partial charge on any atom is -0.367 e. The molecule has 0 bridgehead atoms. The molecule has 0 aromatic carbocycles. The maximum Gasteiger partial charge on any atom is 0.180 e. The van der Waals surface area contributed by atoms with Crippen LogP contribution in [0.3, 0.4) is 0 Å². The third-order valence-corrected chi connectivity index (χ3v) is 3.81. The first-order chi connectivity index (χ1) is 9.85. The molecule has 1 aliphatic rings. The Morgan fingerprint density at radius 3 is 2.80 bits per heavy atom. The number of hydrogen-bond acceptors (Lipinski definition) is 5. The van der Waals surface area contributed by atoms with Crippen molar-refractivity contribution in [2.75, 3.05) is 25.0 Å². The van der Waals surface area contributed by atoms with E-state index in [-0.39, 0.29) is 0 Å². The summed E-state index contributed by atoms with van der Waals surface area (Å²) in [5, 5.41) is 3.53. The SMILES string of the molecule is CCCN1CCC(Nc2ccc3nccnc3n2)CC1. The number of rotatable bonds is 4. The van der Waals surface area contributed by atoms with Gasteiger partial charge in [0.1, 0.15) is 11.3 Å². The molecule has 2 aromatic heterocycles. The fourth-order valence-electron chi connectivity index (χ4n) is 2.76. The standard InChI is InChI=1S/C15H21N5/c1-2-9-20-10-5-12(6-11-20)18-14-4-3-13-15(19-14)17-8-7-16-13/h3-4,7-8,12H,2,5-6,9-11H2,1H3,(H,17,18,19). The molecular formula is C15H21N5. The number of piperidine rings is 1. The molecule has 0 amide bonds. The second kappa shape index (κ2) is 6.13. The Labute approximate surface area is 119 Å². The molecule has 1 aliphatic heterocycles. The van der Waals surface area contributed by atoms with E-state index in [1.54, 1.807) is 12.4 Å². The van der Waals surface area contributed by atoms with Crippen LogP contribution in [0.15, 0.2) is 24.5 Å². The Hall–Kier alpha value is -1.75. The van der Waals surface area contributed by atoms with Gasteiger partial charge in [0, 0.05) is 31.5 Å². The first-order valence-electron chi connectivity index (χ1n) is 7.42. The number of pyridine rings is 1. The maximum absolute atomic E-state index is 4.53. The molecule has 20 heavy (non-hydrogen) atoms. The van der Waals surface area contributed by atoms with Gasteiger partial charge in [0.25, 0.3) is 0 Å². The number of hydrogen-bond donors (Lipinski definition) is 1. The van der Waals surface area contributed by atoms with Crippen molar-refractivity contribution in [3.05, 3.63) is 24.5 Å². The molecule has 5 heteroatoms. The lowest BCUT2D eigenvalue weighted by Crippen LogP contribution is -2.39. The fourth-order valence-corrected chi connectivity index (χ4v) is 2.76. The number of nitrogens with zero attached hydrogens (tertiary/aromatic N) is 4. The lowest BCUT2D eigenvalue weighted by Gasteiger charge is -2.32. The van der Waals surface area contributed by atoms with E-state index < -0.39 is 0 Å². The quantitative estimate of drug-likeness (QED) is 0.924. The molecule has 0 saturated carbocycles. The minimum absolute atomic E-state index is 0.518. The van der Waals surface area contributed by atoms with Crippen LogP contribution in [-0.2, 0) is 0 Å². The van der Waals surface area contributed by atoms with Crippen LogP contribution in [0.4, 0.5) is 5.82 Å². The van der Waals surface area contributed by atoms with E-state index in [1.807, 2.05) is 12.1 Å². The van der Waals surface area contributed by atoms with E-state index in [9.17, 15) is 0 Å². The fraction of sp³-hybridized carbons (Fsp3) is 0.533. The van der Waals surface area contributed by atoms with Gasteiger partial charge in [0.15, 0.2) is 5.65 Å². The van der Waals surface area contributed by atoms with Crippen molar-refractivity contribution >= 4 is 17.0 Å². The molecule has 3 heterocycles. The van der Waals surface area contributed by atoms with Gasteiger partial charge in [0.05, 0.1) is 0 Å². The smallest absolute Gasteiger partial charge is 0.180 e. The van der Waals surface area contributed by atoms with Gasteiger partial charge in [-0.1, -0.05) is 6.92 Å². The van der Waals surface area contributed by atoms with E-state index in [0.29, 0.717) is 11.7 Å². The first-order valence-corrected chi connectivity index (χ1v) is 7.42. The van der Waals surface area contributed by atoms with Crippen LogP contribution in [0.1, 0.15) is 26.2 Å². The highest BCUT2D eigenvalue weighted by atomic mass is 15.1. The van der Waals surface area contributed by atoms with Crippen LogP contribution < -0.4 is 5.32 Å². The lowest BCUT2D eigenvalue weighted by molar-refractivity contribution is 0.219. The highest BCUT2D eigenvalue weighted by Crippen LogP contribution is 2.17. The molecule has 3 rings (SSSR count). The second-order valence-electron chi connectivity index (χ2n) is 5.36. The highest BCUT2D eigenvalue weighted by Gasteiger charge is 2.18. The Morgan fingerprint density at radius 2 is 2.00 bits per heavy atom. The van der Waals surface area contributed by atoms with Crippen molar-refractivity contribution in [2.24, 2.45) is 0 Å². The molecule has 0 aliphatic carbocycles. The van der Waals surface area contributed by atoms with E-state index in [2.05, 4.69) is 32.1 Å². The molecule has 106 valence electrons. The summed E-state index contributed by atoms with van der Waals surface area (Å²) in [4.78, 5) is 15.6. The van der Waals surface area contributed by atoms with Crippen LogP contribution in [0.2, 0.25) is 0 Å². The third kappa shape index (κ3) is 3.04. The molecule has 1 fully saturated rings.